The number of nitrogens with zero attached hydrogens (tertiary/aromatic N) is 1. The molecule has 3 aromatic carbocycles. The van der Waals surface area contributed by atoms with Crippen molar-refractivity contribution in [2.24, 2.45) is 0 Å². The normalized spacial score (nSPS) is 11.4. The lowest BCUT2D eigenvalue weighted by Crippen LogP contribution is -1.93. The first-order valence-electron chi connectivity index (χ1n) is 6.71. The van der Waals surface area contributed by atoms with Crippen LogP contribution in [0.5, 0.6) is 0 Å². The standard InChI is InChI=1S/C18H14N2/c1-11-6-9-16-15(10-11)17(19)14-8-7-12-4-2-3-5-13(12)18(14)20-16/h2-10H,1H3,(H2,19,20). The van der Waals surface area contributed by atoms with Crippen molar-refractivity contribution in [2.45, 2.75) is 6.92 Å². The van der Waals surface area contributed by atoms with Gasteiger partial charge in [0.05, 0.1) is 16.7 Å². The van der Waals surface area contributed by atoms with Gasteiger partial charge in [-0.1, -0.05) is 48.0 Å². The fourth-order valence-electron chi connectivity index (χ4n) is 2.82. The average molecular weight is 258 g/mol. The molecule has 0 radical (unpaired) electrons. The average Bonchev–Trinajstić information content (AvgIpc) is 2.48. The van der Waals surface area contributed by atoms with Crippen LogP contribution >= 0.6 is 0 Å². The van der Waals surface area contributed by atoms with Gasteiger partial charge >= 0.3 is 0 Å². The third kappa shape index (κ3) is 1.48. The molecule has 0 aliphatic carbocycles. The van der Waals surface area contributed by atoms with E-state index in [1.54, 1.807) is 0 Å². The predicted octanol–water partition coefficient (Wildman–Crippen LogP) is 4.43. The number of nitrogen functional groups attached to an aromatic ring is 1. The molecule has 20 heavy (non-hydrogen) atoms. The number of rotatable bonds is 0. The Bertz CT molecular complexity index is 971. The Kier molecular flexibility index (Phi) is 2.21. The van der Waals surface area contributed by atoms with Crippen molar-refractivity contribution < 1.29 is 0 Å². The highest BCUT2D eigenvalue weighted by Crippen LogP contribution is 2.32. The molecule has 2 N–H and O–H groups in total. The molecule has 0 amide bonds. The van der Waals surface area contributed by atoms with Gasteiger partial charge in [-0.3, -0.25) is 0 Å². The van der Waals surface area contributed by atoms with Gasteiger partial charge in [0.15, 0.2) is 0 Å². The van der Waals surface area contributed by atoms with Crippen LogP contribution in [0.25, 0.3) is 32.6 Å². The summed E-state index contributed by atoms with van der Waals surface area (Å²) < 4.78 is 0. The summed E-state index contributed by atoms with van der Waals surface area (Å²) in [5.74, 6) is 0. The van der Waals surface area contributed by atoms with E-state index in [9.17, 15) is 0 Å². The second-order valence-electron chi connectivity index (χ2n) is 5.23. The lowest BCUT2D eigenvalue weighted by molar-refractivity contribution is 1.46. The Labute approximate surface area is 116 Å². The van der Waals surface area contributed by atoms with Gasteiger partial charge in [-0.25, -0.2) is 4.98 Å². The molecule has 0 spiro atoms. The molecule has 4 rings (SSSR count). The molecule has 0 saturated heterocycles. The van der Waals surface area contributed by atoms with Gasteiger partial charge in [-0.05, 0) is 24.4 Å². The van der Waals surface area contributed by atoms with Gasteiger partial charge in [0.2, 0.25) is 0 Å². The summed E-state index contributed by atoms with van der Waals surface area (Å²) in [5.41, 5.74) is 10.3. The fourth-order valence-corrected chi connectivity index (χ4v) is 2.82. The summed E-state index contributed by atoms with van der Waals surface area (Å²) in [5, 5.41) is 4.41. The number of benzene rings is 3. The van der Waals surface area contributed by atoms with E-state index in [4.69, 9.17) is 10.7 Å². The minimum absolute atomic E-state index is 0.819. The molecule has 0 unspecified atom stereocenters. The van der Waals surface area contributed by atoms with Crippen molar-refractivity contribution >= 4 is 38.3 Å². The first-order valence-corrected chi connectivity index (χ1v) is 6.71. The van der Waals surface area contributed by atoms with Crippen molar-refractivity contribution in [3.63, 3.8) is 0 Å². The SMILES string of the molecule is Cc1ccc2nc3c(ccc4ccccc43)c(N)c2c1. The van der Waals surface area contributed by atoms with Crippen molar-refractivity contribution in [2.75, 3.05) is 5.73 Å². The highest BCUT2D eigenvalue weighted by Gasteiger charge is 2.09. The summed E-state index contributed by atoms with van der Waals surface area (Å²) in [6.07, 6.45) is 0. The number of anilines is 1. The first-order chi connectivity index (χ1) is 9.74. The molecule has 0 aliphatic heterocycles. The zero-order valence-corrected chi connectivity index (χ0v) is 11.2. The van der Waals surface area contributed by atoms with Crippen molar-refractivity contribution in [1.82, 2.24) is 4.98 Å². The summed E-state index contributed by atoms with van der Waals surface area (Å²) in [7, 11) is 0. The third-order valence-electron chi connectivity index (χ3n) is 3.87. The van der Waals surface area contributed by atoms with Crippen LogP contribution in [0.3, 0.4) is 0 Å². The lowest BCUT2D eigenvalue weighted by Gasteiger charge is -2.09. The van der Waals surface area contributed by atoms with Crippen LogP contribution in [-0.4, -0.2) is 4.98 Å². The zero-order valence-electron chi connectivity index (χ0n) is 11.2. The van der Waals surface area contributed by atoms with Gasteiger partial charge in [0.1, 0.15) is 0 Å². The first kappa shape index (κ1) is 11.2. The van der Waals surface area contributed by atoms with E-state index in [0.29, 0.717) is 0 Å². The molecular formula is C18H14N2. The molecule has 96 valence electrons. The van der Waals surface area contributed by atoms with E-state index in [-0.39, 0.29) is 0 Å². The second kappa shape index (κ2) is 3.94. The zero-order chi connectivity index (χ0) is 13.7. The number of pyridine rings is 1. The Hall–Kier alpha value is -2.61. The van der Waals surface area contributed by atoms with Gasteiger partial charge in [0.25, 0.3) is 0 Å². The quantitative estimate of drug-likeness (QED) is 0.374. The van der Waals surface area contributed by atoms with Gasteiger partial charge in [0, 0.05) is 16.2 Å². The Morgan fingerprint density at radius 2 is 1.70 bits per heavy atom. The maximum Gasteiger partial charge on any atom is 0.0808 e. The molecule has 1 aromatic heterocycles. The van der Waals surface area contributed by atoms with Crippen LogP contribution in [0.1, 0.15) is 5.56 Å². The summed E-state index contributed by atoms with van der Waals surface area (Å²) in [6.45, 7) is 2.07. The Morgan fingerprint density at radius 1 is 0.850 bits per heavy atom. The summed E-state index contributed by atoms with van der Waals surface area (Å²) in [4.78, 5) is 4.83. The summed E-state index contributed by atoms with van der Waals surface area (Å²) >= 11 is 0. The van der Waals surface area contributed by atoms with Crippen molar-refractivity contribution in [3.05, 3.63) is 60.2 Å². The third-order valence-corrected chi connectivity index (χ3v) is 3.87. The van der Waals surface area contributed by atoms with Crippen LogP contribution < -0.4 is 5.73 Å². The molecule has 0 atom stereocenters. The molecule has 1 heterocycles. The second-order valence-corrected chi connectivity index (χ2v) is 5.23. The minimum atomic E-state index is 0.819. The molecule has 2 heteroatoms. The van der Waals surface area contributed by atoms with Crippen LogP contribution in [0, 0.1) is 6.92 Å². The smallest absolute Gasteiger partial charge is 0.0808 e. The molecule has 0 fully saturated rings. The molecule has 0 saturated carbocycles. The number of hydrogen-bond donors (Lipinski definition) is 1. The number of hydrogen-bond acceptors (Lipinski definition) is 2. The Morgan fingerprint density at radius 3 is 2.60 bits per heavy atom. The fraction of sp³-hybridized carbons (Fsp3) is 0.0556. The largest absolute Gasteiger partial charge is 0.398 e. The predicted molar refractivity (Wildman–Crippen MR) is 85.9 cm³/mol. The maximum atomic E-state index is 6.37. The molecular weight excluding hydrogens is 244 g/mol. The molecule has 0 bridgehead atoms. The summed E-state index contributed by atoms with van der Waals surface area (Å²) in [6, 6.07) is 18.7. The highest BCUT2D eigenvalue weighted by atomic mass is 14.7. The van der Waals surface area contributed by atoms with Gasteiger partial charge < -0.3 is 5.73 Å². The van der Waals surface area contributed by atoms with E-state index in [0.717, 1.165) is 32.9 Å². The van der Waals surface area contributed by atoms with Crippen LogP contribution in [-0.2, 0) is 0 Å². The van der Waals surface area contributed by atoms with E-state index in [2.05, 4.69) is 43.3 Å². The number of nitrogens with two attached hydrogens (primary N) is 1. The lowest BCUT2D eigenvalue weighted by atomic mass is 10.0. The molecule has 4 aromatic rings. The molecule has 0 aliphatic rings. The topological polar surface area (TPSA) is 38.9 Å². The van der Waals surface area contributed by atoms with E-state index in [1.165, 1.54) is 10.9 Å². The van der Waals surface area contributed by atoms with Crippen molar-refractivity contribution in [3.8, 4) is 0 Å². The Balaban J connectivity index is 2.28. The number of fused-ring (bicyclic) bond motifs is 4. The van der Waals surface area contributed by atoms with E-state index in [1.807, 2.05) is 18.2 Å². The van der Waals surface area contributed by atoms with E-state index < -0.39 is 0 Å². The van der Waals surface area contributed by atoms with Crippen molar-refractivity contribution in [1.29, 1.82) is 0 Å². The van der Waals surface area contributed by atoms with E-state index >= 15 is 0 Å². The number of aryl methyl sites for hydroxylation is 1. The van der Waals surface area contributed by atoms with Crippen LogP contribution in [0.2, 0.25) is 0 Å². The minimum Gasteiger partial charge on any atom is -0.398 e. The van der Waals surface area contributed by atoms with Crippen LogP contribution in [0.15, 0.2) is 54.6 Å². The van der Waals surface area contributed by atoms with Crippen LogP contribution in [0.4, 0.5) is 5.69 Å². The van der Waals surface area contributed by atoms with Gasteiger partial charge in [-0.2, -0.15) is 0 Å². The number of aromatic nitrogens is 1. The molecule has 2 nitrogen and oxygen atoms in total. The highest BCUT2D eigenvalue weighted by molar-refractivity contribution is 6.15. The van der Waals surface area contributed by atoms with Gasteiger partial charge in [-0.15, -0.1) is 0 Å². The monoisotopic (exact) mass is 258 g/mol. The maximum absolute atomic E-state index is 6.37.